The second-order valence-electron chi connectivity index (χ2n) is 5.12. The zero-order valence-corrected chi connectivity index (χ0v) is 11.9. The molecule has 0 heterocycles. The Labute approximate surface area is 116 Å². The van der Waals surface area contributed by atoms with Gasteiger partial charge in [0.05, 0.1) is 6.61 Å². The van der Waals surface area contributed by atoms with Crippen LogP contribution in [-0.2, 0) is 14.3 Å². The molecule has 0 spiro atoms. The smallest absolute Gasteiger partial charge is 0.411 e. The van der Waals surface area contributed by atoms with Crippen LogP contribution in [0.2, 0.25) is 0 Å². The predicted octanol–water partition coefficient (Wildman–Crippen LogP) is -1.30. The SMILES string of the molecule is CN(C(=O)OC(C)(C)C)[C@@H](N)C(=O)N[C@@H](CO)C(=O)O. The fraction of sp³-hybridized carbons (Fsp3) is 0.727. The second kappa shape index (κ2) is 7.06. The third-order valence-corrected chi connectivity index (χ3v) is 2.16. The molecule has 9 nitrogen and oxygen atoms in total. The number of aliphatic carboxylic acids is 1. The zero-order chi connectivity index (χ0) is 16.1. The van der Waals surface area contributed by atoms with Gasteiger partial charge in [0.2, 0.25) is 0 Å². The van der Waals surface area contributed by atoms with E-state index in [2.05, 4.69) is 0 Å². The molecule has 0 bridgehead atoms. The van der Waals surface area contributed by atoms with Crippen molar-refractivity contribution in [2.75, 3.05) is 13.7 Å². The van der Waals surface area contributed by atoms with Crippen LogP contribution in [0.3, 0.4) is 0 Å². The number of amides is 2. The van der Waals surface area contributed by atoms with E-state index in [9.17, 15) is 14.4 Å². The van der Waals surface area contributed by atoms with Gasteiger partial charge in [-0.3, -0.25) is 9.69 Å². The van der Waals surface area contributed by atoms with E-state index in [1.165, 1.54) is 7.05 Å². The molecule has 0 radical (unpaired) electrons. The third-order valence-electron chi connectivity index (χ3n) is 2.16. The maximum atomic E-state index is 11.7. The summed E-state index contributed by atoms with van der Waals surface area (Å²) in [6.45, 7) is 4.16. The average Bonchev–Trinajstić information content (AvgIpc) is 2.31. The first-order chi connectivity index (χ1) is 8.99. The number of carbonyl (C=O) groups is 3. The number of hydrogen-bond donors (Lipinski definition) is 4. The molecule has 0 aliphatic rings. The molecule has 5 N–H and O–H groups in total. The molecular weight excluding hydrogens is 270 g/mol. The van der Waals surface area contributed by atoms with Crippen LogP contribution in [0.15, 0.2) is 0 Å². The van der Waals surface area contributed by atoms with Gasteiger partial charge in [0.25, 0.3) is 5.91 Å². The molecule has 0 rings (SSSR count). The van der Waals surface area contributed by atoms with Gasteiger partial charge >= 0.3 is 12.1 Å². The first-order valence-corrected chi connectivity index (χ1v) is 5.85. The van der Waals surface area contributed by atoms with E-state index in [1.54, 1.807) is 20.8 Å². The van der Waals surface area contributed by atoms with Gasteiger partial charge in [0, 0.05) is 7.05 Å². The summed E-state index contributed by atoms with van der Waals surface area (Å²) in [6, 6.07) is -1.49. The number of nitrogens with zero attached hydrogens (tertiary/aromatic N) is 1. The molecule has 0 aromatic rings. The largest absolute Gasteiger partial charge is 0.480 e. The van der Waals surface area contributed by atoms with Gasteiger partial charge in [0.1, 0.15) is 11.6 Å². The van der Waals surface area contributed by atoms with E-state index in [4.69, 9.17) is 20.7 Å². The molecule has 0 aromatic heterocycles. The van der Waals surface area contributed by atoms with E-state index in [1.807, 2.05) is 5.32 Å². The van der Waals surface area contributed by atoms with Crippen LogP contribution in [0.4, 0.5) is 4.79 Å². The Morgan fingerprint density at radius 3 is 2.20 bits per heavy atom. The van der Waals surface area contributed by atoms with Crippen molar-refractivity contribution < 1.29 is 29.3 Å². The number of carboxylic acid groups (broad SMARTS) is 1. The minimum atomic E-state index is -1.49. The molecule has 0 saturated carbocycles. The van der Waals surface area contributed by atoms with Crippen molar-refractivity contribution in [3.63, 3.8) is 0 Å². The standard InChI is InChI=1S/C11H21N3O6/c1-11(2,3)20-10(19)14(4)7(12)8(16)13-6(5-15)9(17)18/h6-7,15H,5,12H2,1-4H3,(H,13,16)(H,17,18)/t6-,7+/m0/s1. The van der Waals surface area contributed by atoms with Crippen molar-refractivity contribution in [1.29, 1.82) is 0 Å². The normalized spacial score (nSPS) is 14.1. The van der Waals surface area contributed by atoms with Gasteiger partial charge in [-0.1, -0.05) is 0 Å². The second-order valence-corrected chi connectivity index (χ2v) is 5.12. The molecule has 20 heavy (non-hydrogen) atoms. The number of aliphatic hydroxyl groups excluding tert-OH is 1. The van der Waals surface area contributed by atoms with Crippen molar-refractivity contribution in [3.8, 4) is 0 Å². The molecule has 116 valence electrons. The Morgan fingerprint density at radius 1 is 1.35 bits per heavy atom. The van der Waals surface area contributed by atoms with Gasteiger partial charge < -0.3 is 26.0 Å². The lowest BCUT2D eigenvalue weighted by molar-refractivity contribution is -0.143. The fourth-order valence-electron chi connectivity index (χ4n) is 1.07. The Hall–Kier alpha value is -1.87. The van der Waals surface area contributed by atoms with Crippen molar-refractivity contribution >= 4 is 18.0 Å². The summed E-state index contributed by atoms with van der Waals surface area (Å²) in [4.78, 5) is 34.8. The van der Waals surface area contributed by atoms with Crippen molar-refractivity contribution in [2.45, 2.75) is 38.6 Å². The monoisotopic (exact) mass is 291 g/mol. The van der Waals surface area contributed by atoms with Crippen LogP contribution in [0.25, 0.3) is 0 Å². The lowest BCUT2D eigenvalue weighted by Gasteiger charge is -2.28. The minimum Gasteiger partial charge on any atom is -0.480 e. The number of rotatable bonds is 5. The number of carboxylic acids is 1. The molecule has 0 aliphatic carbocycles. The van der Waals surface area contributed by atoms with Crippen molar-refractivity contribution in [1.82, 2.24) is 10.2 Å². The van der Waals surface area contributed by atoms with Crippen LogP contribution in [0.5, 0.6) is 0 Å². The summed E-state index contributed by atoms with van der Waals surface area (Å²) in [7, 11) is 1.24. The first kappa shape index (κ1) is 18.1. The number of ether oxygens (including phenoxy) is 1. The Morgan fingerprint density at radius 2 is 1.85 bits per heavy atom. The van der Waals surface area contributed by atoms with E-state index in [0.717, 1.165) is 4.90 Å². The number of carbonyl (C=O) groups excluding carboxylic acids is 2. The Bertz CT molecular complexity index is 379. The summed E-state index contributed by atoms with van der Waals surface area (Å²) in [6.07, 6.45) is -2.26. The topological polar surface area (TPSA) is 142 Å². The first-order valence-electron chi connectivity index (χ1n) is 5.85. The summed E-state index contributed by atoms with van der Waals surface area (Å²) in [5.41, 5.74) is 4.77. The molecular formula is C11H21N3O6. The van der Waals surface area contributed by atoms with Crippen LogP contribution < -0.4 is 11.1 Å². The van der Waals surface area contributed by atoms with Gasteiger partial charge in [-0.15, -0.1) is 0 Å². The maximum Gasteiger partial charge on any atom is 0.411 e. The lowest BCUT2D eigenvalue weighted by atomic mass is 10.2. The molecule has 0 unspecified atom stereocenters. The van der Waals surface area contributed by atoms with E-state index >= 15 is 0 Å². The summed E-state index contributed by atoms with van der Waals surface area (Å²) >= 11 is 0. The van der Waals surface area contributed by atoms with Crippen molar-refractivity contribution in [3.05, 3.63) is 0 Å². The average molecular weight is 291 g/mol. The predicted molar refractivity (Wildman–Crippen MR) is 68.6 cm³/mol. The molecule has 9 heteroatoms. The number of nitrogens with one attached hydrogen (secondary N) is 1. The van der Waals surface area contributed by atoms with Crippen LogP contribution in [0.1, 0.15) is 20.8 Å². The highest BCUT2D eigenvalue weighted by molar-refractivity contribution is 5.88. The van der Waals surface area contributed by atoms with Crippen molar-refractivity contribution in [2.24, 2.45) is 5.73 Å². The molecule has 0 aliphatic heterocycles. The molecule has 0 saturated heterocycles. The quantitative estimate of drug-likeness (QED) is 0.461. The molecule has 0 aromatic carbocycles. The summed E-state index contributed by atoms with van der Waals surface area (Å²) in [5.74, 6) is -2.33. The Kier molecular flexibility index (Phi) is 6.40. The van der Waals surface area contributed by atoms with E-state index in [0.29, 0.717) is 0 Å². The number of hydrogen-bond acceptors (Lipinski definition) is 6. The highest BCUT2D eigenvalue weighted by Gasteiger charge is 2.29. The number of aliphatic hydroxyl groups is 1. The fourth-order valence-corrected chi connectivity index (χ4v) is 1.07. The Balaban J connectivity index is 4.64. The summed E-state index contributed by atoms with van der Waals surface area (Å²) < 4.78 is 5.01. The number of nitrogens with two attached hydrogens (primary N) is 1. The van der Waals surface area contributed by atoms with E-state index < -0.39 is 42.4 Å². The molecule has 0 fully saturated rings. The highest BCUT2D eigenvalue weighted by Crippen LogP contribution is 2.09. The van der Waals surface area contributed by atoms with Crippen LogP contribution >= 0.6 is 0 Å². The minimum absolute atomic E-state index is 0.754. The number of likely N-dealkylation sites (N-methyl/N-ethyl adjacent to an activating group) is 1. The molecule has 2 amide bonds. The van der Waals surface area contributed by atoms with Gasteiger partial charge in [0.15, 0.2) is 6.17 Å². The van der Waals surface area contributed by atoms with Gasteiger partial charge in [-0.25, -0.2) is 9.59 Å². The lowest BCUT2D eigenvalue weighted by Crippen LogP contribution is -2.57. The van der Waals surface area contributed by atoms with Gasteiger partial charge in [-0.2, -0.15) is 0 Å². The van der Waals surface area contributed by atoms with Gasteiger partial charge in [-0.05, 0) is 20.8 Å². The van der Waals surface area contributed by atoms with Crippen LogP contribution in [-0.4, -0.2) is 64.5 Å². The summed E-state index contributed by atoms with van der Waals surface area (Å²) in [5, 5.41) is 19.5. The highest BCUT2D eigenvalue weighted by atomic mass is 16.6. The van der Waals surface area contributed by atoms with Crippen LogP contribution in [0, 0.1) is 0 Å². The molecule has 2 atom stereocenters. The van der Waals surface area contributed by atoms with E-state index in [-0.39, 0.29) is 0 Å². The maximum absolute atomic E-state index is 11.7. The zero-order valence-electron chi connectivity index (χ0n) is 11.9. The third kappa shape index (κ3) is 5.85.